The molecule has 2 aromatic rings. The van der Waals surface area contributed by atoms with Crippen LogP contribution in [0.3, 0.4) is 0 Å². The summed E-state index contributed by atoms with van der Waals surface area (Å²) in [7, 11) is 0. The molecular weight excluding hydrogens is 264 g/mol. The molecule has 0 aliphatic rings. The normalized spacial score (nSPS) is 11.9. The summed E-state index contributed by atoms with van der Waals surface area (Å²) >= 11 is 0. The largest absolute Gasteiger partial charge is 0.478 e. The van der Waals surface area contributed by atoms with Gasteiger partial charge < -0.3 is 16.2 Å². The number of anilines is 2. The number of hydrogen-bond acceptors (Lipinski definition) is 3. The first-order valence-corrected chi connectivity index (χ1v) is 6.99. The van der Waals surface area contributed by atoms with Crippen LogP contribution in [0, 0.1) is 0 Å². The van der Waals surface area contributed by atoms with Crippen LogP contribution in [0.25, 0.3) is 0 Å². The molecule has 0 bridgehead atoms. The number of hydrogen-bond donors (Lipinski definition) is 3. The molecule has 4 nitrogen and oxygen atoms in total. The number of aromatic carboxylic acids is 1. The number of nitrogens with one attached hydrogen (secondary N) is 1. The van der Waals surface area contributed by atoms with E-state index in [-0.39, 0.29) is 5.56 Å². The summed E-state index contributed by atoms with van der Waals surface area (Å²) in [5.41, 5.74) is 8.64. The minimum Gasteiger partial charge on any atom is -0.478 e. The van der Waals surface area contributed by atoms with Gasteiger partial charge in [0.1, 0.15) is 0 Å². The molecule has 0 saturated heterocycles. The first-order chi connectivity index (χ1) is 10.1. The molecule has 0 heterocycles. The Balaban J connectivity index is 1.94. The highest BCUT2D eigenvalue weighted by atomic mass is 16.4. The standard InChI is InChI=1S/C17H20N2O2/c1-12(13-5-3-2-4-6-13)9-10-19-16-11-14(17(20)21)7-8-15(16)18/h2-8,11-12,19H,9-10,18H2,1H3,(H,20,21). The van der Waals surface area contributed by atoms with Crippen molar-refractivity contribution in [2.75, 3.05) is 17.6 Å². The molecule has 0 saturated carbocycles. The zero-order valence-corrected chi connectivity index (χ0v) is 12.0. The van der Waals surface area contributed by atoms with E-state index in [0.29, 0.717) is 17.3 Å². The molecule has 4 N–H and O–H groups in total. The van der Waals surface area contributed by atoms with Gasteiger partial charge in [0.15, 0.2) is 0 Å². The van der Waals surface area contributed by atoms with Gasteiger partial charge in [0.05, 0.1) is 16.9 Å². The number of rotatable bonds is 6. The van der Waals surface area contributed by atoms with Crippen molar-refractivity contribution in [1.29, 1.82) is 0 Å². The predicted octanol–water partition coefficient (Wildman–Crippen LogP) is 3.57. The van der Waals surface area contributed by atoms with E-state index in [1.807, 2.05) is 18.2 Å². The highest BCUT2D eigenvalue weighted by Gasteiger charge is 2.08. The van der Waals surface area contributed by atoms with Gasteiger partial charge in [0.2, 0.25) is 0 Å². The van der Waals surface area contributed by atoms with E-state index >= 15 is 0 Å². The van der Waals surface area contributed by atoms with Crippen LogP contribution in [0.15, 0.2) is 48.5 Å². The van der Waals surface area contributed by atoms with Crippen LogP contribution in [-0.4, -0.2) is 17.6 Å². The second kappa shape index (κ2) is 6.79. The smallest absolute Gasteiger partial charge is 0.335 e. The van der Waals surface area contributed by atoms with Crippen molar-refractivity contribution < 1.29 is 9.90 Å². The molecule has 0 aliphatic carbocycles. The Hall–Kier alpha value is -2.49. The fourth-order valence-corrected chi connectivity index (χ4v) is 2.21. The van der Waals surface area contributed by atoms with Gasteiger partial charge in [-0.25, -0.2) is 4.79 Å². The van der Waals surface area contributed by atoms with Crippen molar-refractivity contribution in [3.63, 3.8) is 0 Å². The van der Waals surface area contributed by atoms with E-state index in [4.69, 9.17) is 10.8 Å². The quantitative estimate of drug-likeness (QED) is 0.709. The molecule has 21 heavy (non-hydrogen) atoms. The molecule has 1 unspecified atom stereocenters. The Bertz CT molecular complexity index is 611. The molecule has 2 rings (SSSR count). The van der Waals surface area contributed by atoms with Crippen LogP contribution < -0.4 is 11.1 Å². The molecule has 0 aliphatic heterocycles. The number of benzene rings is 2. The second-order valence-corrected chi connectivity index (χ2v) is 5.13. The first-order valence-electron chi connectivity index (χ1n) is 6.99. The Morgan fingerprint density at radius 2 is 1.95 bits per heavy atom. The summed E-state index contributed by atoms with van der Waals surface area (Å²) in [6, 6.07) is 15.0. The second-order valence-electron chi connectivity index (χ2n) is 5.13. The third-order valence-electron chi connectivity index (χ3n) is 3.56. The monoisotopic (exact) mass is 284 g/mol. The highest BCUT2D eigenvalue weighted by Crippen LogP contribution is 2.22. The zero-order valence-electron chi connectivity index (χ0n) is 12.0. The number of nitrogens with two attached hydrogens (primary N) is 1. The molecule has 0 fully saturated rings. The van der Waals surface area contributed by atoms with Gasteiger partial charge in [0, 0.05) is 6.54 Å². The summed E-state index contributed by atoms with van der Waals surface area (Å²) in [4.78, 5) is 11.0. The van der Waals surface area contributed by atoms with Crippen LogP contribution in [0.1, 0.15) is 35.2 Å². The van der Waals surface area contributed by atoms with E-state index in [1.54, 1.807) is 12.1 Å². The van der Waals surface area contributed by atoms with Gasteiger partial charge in [-0.1, -0.05) is 37.3 Å². The lowest BCUT2D eigenvalue weighted by Crippen LogP contribution is -2.08. The van der Waals surface area contributed by atoms with Gasteiger partial charge in [-0.05, 0) is 36.1 Å². The van der Waals surface area contributed by atoms with Crippen molar-refractivity contribution in [3.8, 4) is 0 Å². The van der Waals surface area contributed by atoms with E-state index in [0.717, 1.165) is 13.0 Å². The van der Waals surface area contributed by atoms with E-state index in [1.165, 1.54) is 11.6 Å². The maximum atomic E-state index is 11.0. The lowest BCUT2D eigenvalue weighted by atomic mass is 9.98. The van der Waals surface area contributed by atoms with Crippen molar-refractivity contribution in [1.82, 2.24) is 0 Å². The van der Waals surface area contributed by atoms with Gasteiger partial charge in [-0.3, -0.25) is 0 Å². The zero-order chi connectivity index (χ0) is 15.2. The van der Waals surface area contributed by atoms with Crippen molar-refractivity contribution in [3.05, 3.63) is 59.7 Å². The molecule has 0 amide bonds. The Morgan fingerprint density at radius 3 is 2.62 bits per heavy atom. The molecular formula is C17H20N2O2. The van der Waals surface area contributed by atoms with Gasteiger partial charge in [0.25, 0.3) is 0 Å². The summed E-state index contributed by atoms with van der Waals surface area (Å²) in [6.45, 7) is 2.91. The van der Waals surface area contributed by atoms with E-state index < -0.39 is 5.97 Å². The van der Waals surface area contributed by atoms with Crippen LogP contribution >= 0.6 is 0 Å². The maximum absolute atomic E-state index is 11.0. The molecule has 4 heteroatoms. The molecule has 0 spiro atoms. The molecule has 1 atom stereocenters. The third-order valence-corrected chi connectivity index (χ3v) is 3.56. The minimum atomic E-state index is -0.948. The summed E-state index contributed by atoms with van der Waals surface area (Å²) in [5, 5.41) is 12.2. The number of nitrogen functional groups attached to an aromatic ring is 1. The summed E-state index contributed by atoms with van der Waals surface area (Å²) < 4.78 is 0. The van der Waals surface area contributed by atoms with Crippen LogP contribution in [-0.2, 0) is 0 Å². The van der Waals surface area contributed by atoms with Crippen LogP contribution in [0.5, 0.6) is 0 Å². The lowest BCUT2D eigenvalue weighted by molar-refractivity contribution is 0.0697. The van der Waals surface area contributed by atoms with Crippen molar-refractivity contribution >= 4 is 17.3 Å². The Kier molecular flexibility index (Phi) is 4.82. The fourth-order valence-electron chi connectivity index (χ4n) is 2.21. The van der Waals surface area contributed by atoms with Gasteiger partial charge in [-0.15, -0.1) is 0 Å². The summed E-state index contributed by atoms with van der Waals surface area (Å²) in [5.74, 6) is -0.515. The first kappa shape index (κ1) is 14.9. The Labute approximate surface area is 124 Å². The fraction of sp³-hybridized carbons (Fsp3) is 0.235. The number of carboxylic acid groups (broad SMARTS) is 1. The van der Waals surface area contributed by atoms with Crippen LogP contribution in [0.2, 0.25) is 0 Å². The average molecular weight is 284 g/mol. The lowest BCUT2D eigenvalue weighted by Gasteiger charge is -2.14. The third kappa shape index (κ3) is 3.99. The summed E-state index contributed by atoms with van der Waals surface area (Å²) in [6.07, 6.45) is 0.945. The molecule has 110 valence electrons. The topological polar surface area (TPSA) is 75.3 Å². The maximum Gasteiger partial charge on any atom is 0.335 e. The van der Waals surface area contributed by atoms with Gasteiger partial charge >= 0.3 is 5.97 Å². The molecule has 0 radical (unpaired) electrons. The molecule has 0 aromatic heterocycles. The number of carbonyl (C=O) groups is 1. The Morgan fingerprint density at radius 1 is 1.24 bits per heavy atom. The predicted molar refractivity (Wildman–Crippen MR) is 85.8 cm³/mol. The number of carboxylic acids is 1. The van der Waals surface area contributed by atoms with Crippen LogP contribution in [0.4, 0.5) is 11.4 Å². The minimum absolute atomic E-state index is 0.239. The van der Waals surface area contributed by atoms with Gasteiger partial charge in [-0.2, -0.15) is 0 Å². The van der Waals surface area contributed by atoms with Crippen molar-refractivity contribution in [2.45, 2.75) is 19.3 Å². The average Bonchev–Trinajstić information content (AvgIpc) is 2.49. The van der Waals surface area contributed by atoms with Crippen molar-refractivity contribution in [2.24, 2.45) is 0 Å². The molecule has 2 aromatic carbocycles. The highest BCUT2D eigenvalue weighted by molar-refractivity contribution is 5.90. The van der Waals surface area contributed by atoms with E-state index in [2.05, 4.69) is 24.4 Å². The SMILES string of the molecule is CC(CCNc1cc(C(=O)O)ccc1N)c1ccccc1. The van der Waals surface area contributed by atoms with E-state index in [9.17, 15) is 4.79 Å².